The third kappa shape index (κ3) is 3.79. The Hall–Kier alpha value is -2.66. The second-order valence-corrected chi connectivity index (χ2v) is 8.41. The van der Waals surface area contributed by atoms with E-state index in [1.165, 1.54) is 16.6 Å². The number of nitrogens with zero attached hydrogens (tertiary/aromatic N) is 4. The number of benzene rings is 2. The molecule has 29 heavy (non-hydrogen) atoms. The second-order valence-electron chi connectivity index (χ2n) is 8.41. The number of amides is 1. The van der Waals surface area contributed by atoms with Gasteiger partial charge in [-0.3, -0.25) is 9.69 Å². The molecule has 0 radical (unpaired) electrons. The predicted molar refractivity (Wildman–Crippen MR) is 115 cm³/mol. The normalized spacial score (nSPS) is 17.8. The zero-order chi connectivity index (χ0) is 19.8. The van der Waals surface area contributed by atoms with E-state index in [1.54, 1.807) is 0 Å². The van der Waals surface area contributed by atoms with Gasteiger partial charge in [0.2, 0.25) is 5.91 Å². The Morgan fingerprint density at radius 1 is 0.966 bits per heavy atom. The molecule has 1 aliphatic heterocycles. The van der Waals surface area contributed by atoms with Crippen LogP contribution in [-0.2, 0) is 17.9 Å². The topological polar surface area (TPSA) is 41.4 Å². The Balaban J connectivity index is 1.36. The average molecular weight is 389 g/mol. The fraction of sp³-hybridized carbons (Fsp3) is 0.417. The van der Waals surface area contributed by atoms with Gasteiger partial charge in [-0.1, -0.05) is 36.4 Å². The molecule has 150 valence electrons. The lowest BCUT2D eigenvalue weighted by atomic mass is 10.1. The van der Waals surface area contributed by atoms with E-state index < -0.39 is 0 Å². The monoisotopic (exact) mass is 388 g/mol. The van der Waals surface area contributed by atoms with E-state index in [-0.39, 0.29) is 0 Å². The number of para-hydroxylation sites is 2. The van der Waals surface area contributed by atoms with E-state index >= 15 is 0 Å². The number of carbonyl (C=O) groups is 1. The minimum Gasteiger partial charge on any atom is -0.340 e. The summed E-state index contributed by atoms with van der Waals surface area (Å²) in [4.78, 5) is 21.8. The van der Waals surface area contributed by atoms with Gasteiger partial charge in [-0.15, -0.1) is 0 Å². The summed E-state index contributed by atoms with van der Waals surface area (Å²) < 4.78 is 2.36. The van der Waals surface area contributed by atoms with Crippen LogP contribution in [-0.4, -0.2) is 51.4 Å². The highest BCUT2D eigenvalue weighted by Crippen LogP contribution is 2.31. The highest BCUT2D eigenvalue weighted by Gasteiger charge is 2.34. The van der Waals surface area contributed by atoms with Crippen LogP contribution in [0, 0.1) is 12.8 Å². The van der Waals surface area contributed by atoms with Crippen molar-refractivity contribution in [2.24, 2.45) is 5.92 Å². The Kier molecular flexibility index (Phi) is 4.84. The van der Waals surface area contributed by atoms with Crippen molar-refractivity contribution in [2.75, 3.05) is 26.2 Å². The maximum atomic E-state index is 12.3. The summed E-state index contributed by atoms with van der Waals surface area (Å²) >= 11 is 0. The Bertz CT molecular complexity index is 1030. The molecule has 5 heteroatoms. The number of fused-ring (bicyclic) bond motifs is 1. The summed E-state index contributed by atoms with van der Waals surface area (Å²) in [5.74, 6) is 1.80. The van der Waals surface area contributed by atoms with Gasteiger partial charge < -0.3 is 9.47 Å². The number of hydrogen-bond donors (Lipinski definition) is 0. The smallest absolute Gasteiger partial charge is 0.225 e. The Morgan fingerprint density at radius 3 is 2.45 bits per heavy atom. The molecule has 2 aliphatic rings. The standard InChI is InChI=1S/C24H28N4O/c1-18-6-2-3-7-20(18)16-28-22-9-5-4-8-21(22)25-23(28)17-26-12-14-27(15-13-26)24(29)19-10-11-19/h2-9,19H,10-17H2,1H3. The van der Waals surface area contributed by atoms with E-state index in [1.807, 2.05) is 0 Å². The van der Waals surface area contributed by atoms with Crippen LogP contribution in [0.3, 0.4) is 0 Å². The highest BCUT2D eigenvalue weighted by atomic mass is 16.2. The molecule has 1 saturated carbocycles. The number of piperazine rings is 1. The van der Waals surface area contributed by atoms with E-state index in [9.17, 15) is 4.79 Å². The molecule has 0 spiro atoms. The van der Waals surface area contributed by atoms with Crippen molar-refractivity contribution in [1.82, 2.24) is 19.4 Å². The van der Waals surface area contributed by atoms with Crippen LogP contribution in [0.1, 0.15) is 29.8 Å². The minimum atomic E-state index is 0.319. The van der Waals surface area contributed by atoms with E-state index in [2.05, 4.69) is 69.8 Å². The van der Waals surface area contributed by atoms with Crippen molar-refractivity contribution in [2.45, 2.75) is 32.9 Å². The Morgan fingerprint density at radius 2 is 1.69 bits per heavy atom. The van der Waals surface area contributed by atoms with Crippen molar-refractivity contribution in [3.05, 3.63) is 65.5 Å². The summed E-state index contributed by atoms with van der Waals surface area (Å²) in [7, 11) is 0. The van der Waals surface area contributed by atoms with Crippen molar-refractivity contribution >= 4 is 16.9 Å². The number of carbonyl (C=O) groups excluding carboxylic acids is 1. The number of imidazole rings is 1. The molecule has 0 N–H and O–H groups in total. The first-order valence-electron chi connectivity index (χ1n) is 10.7. The summed E-state index contributed by atoms with van der Waals surface area (Å²) in [5, 5.41) is 0. The van der Waals surface area contributed by atoms with Crippen LogP contribution >= 0.6 is 0 Å². The lowest BCUT2D eigenvalue weighted by molar-refractivity contribution is -0.134. The fourth-order valence-electron chi connectivity index (χ4n) is 4.30. The second kappa shape index (κ2) is 7.64. The lowest BCUT2D eigenvalue weighted by Gasteiger charge is -2.34. The SMILES string of the molecule is Cc1ccccc1Cn1c(CN2CCN(C(=O)C3CC3)CC2)nc2ccccc21. The van der Waals surface area contributed by atoms with E-state index in [0.717, 1.165) is 63.5 Å². The molecule has 5 nitrogen and oxygen atoms in total. The Labute approximate surface area is 171 Å². The van der Waals surface area contributed by atoms with Gasteiger partial charge in [0, 0.05) is 38.6 Å². The van der Waals surface area contributed by atoms with Gasteiger partial charge in [0.1, 0.15) is 5.82 Å². The average Bonchev–Trinajstić information content (AvgIpc) is 3.54. The first kappa shape index (κ1) is 18.4. The van der Waals surface area contributed by atoms with Crippen molar-refractivity contribution < 1.29 is 4.79 Å². The van der Waals surface area contributed by atoms with Crippen LogP contribution in [0.25, 0.3) is 11.0 Å². The van der Waals surface area contributed by atoms with Crippen molar-refractivity contribution in [3.63, 3.8) is 0 Å². The van der Waals surface area contributed by atoms with Crippen LogP contribution in [0.4, 0.5) is 0 Å². The molecule has 2 heterocycles. The maximum Gasteiger partial charge on any atom is 0.225 e. The first-order valence-corrected chi connectivity index (χ1v) is 10.7. The quantitative estimate of drug-likeness (QED) is 0.672. The third-order valence-corrected chi connectivity index (χ3v) is 6.30. The molecular formula is C24H28N4O. The van der Waals surface area contributed by atoms with Gasteiger partial charge in [-0.2, -0.15) is 0 Å². The minimum absolute atomic E-state index is 0.319. The van der Waals surface area contributed by atoms with Crippen molar-refractivity contribution in [1.29, 1.82) is 0 Å². The number of hydrogen-bond acceptors (Lipinski definition) is 3. The molecular weight excluding hydrogens is 360 g/mol. The van der Waals surface area contributed by atoms with Crippen LogP contribution in [0.5, 0.6) is 0 Å². The molecule has 0 bridgehead atoms. The summed E-state index contributed by atoms with van der Waals surface area (Å²) in [6.45, 7) is 7.36. The molecule has 5 rings (SSSR count). The van der Waals surface area contributed by atoms with Gasteiger partial charge in [0.05, 0.1) is 17.6 Å². The van der Waals surface area contributed by atoms with E-state index in [0.29, 0.717) is 11.8 Å². The summed E-state index contributed by atoms with van der Waals surface area (Å²) in [5.41, 5.74) is 4.88. The molecule has 1 aliphatic carbocycles. The zero-order valence-corrected chi connectivity index (χ0v) is 17.1. The largest absolute Gasteiger partial charge is 0.340 e. The number of aryl methyl sites for hydroxylation is 1. The molecule has 2 fully saturated rings. The van der Waals surface area contributed by atoms with Gasteiger partial charge in [-0.25, -0.2) is 4.98 Å². The van der Waals surface area contributed by atoms with Gasteiger partial charge in [0.25, 0.3) is 0 Å². The summed E-state index contributed by atoms with van der Waals surface area (Å²) in [6, 6.07) is 17.0. The molecule has 1 saturated heterocycles. The van der Waals surface area contributed by atoms with E-state index in [4.69, 9.17) is 4.98 Å². The lowest BCUT2D eigenvalue weighted by Crippen LogP contribution is -2.49. The number of rotatable bonds is 5. The molecule has 2 aromatic carbocycles. The zero-order valence-electron chi connectivity index (χ0n) is 17.1. The third-order valence-electron chi connectivity index (χ3n) is 6.30. The predicted octanol–water partition coefficient (Wildman–Crippen LogP) is 3.45. The van der Waals surface area contributed by atoms with Crippen LogP contribution < -0.4 is 0 Å². The first-order chi connectivity index (χ1) is 14.2. The van der Waals surface area contributed by atoms with Gasteiger partial charge >= 0.3 is 0 Å². The van der Waals surface area contributed by atoms with Crippen LogP contribution in [0.2, 0.25) is 0 Å². The molecule has 3 aromatic rings. The number of aromatic nitrogens is 2. The van der Waals surface area contributed by atoms with Crippen LogP contribution in [0.15, 0.2) is 48.5 Å². The highest BCUT2D eigenvalue weighted by molar-refractivity contribution is 5.81. The molecule has 1 aromatic heterocycles. The summed E-state index contributed by atoms with van der Waals surface area (Å²) in [6.07, 6.45) is 2.17. The fourth-order valence-corrected chi connectivity index (χ4v) is 4.30. The van der Waals surface area contributed by atoms with Crippen molar-refractivity contribution in [3.8, 4) is 0 Å². The molecule has 1 amide bonds. The maximum absolute atomic E-state index is 12.3. The molecule has 0 unspecified atom stereocenters. The van der Waals surface area contributed by atoms with Gasteiger partial charge in [0.15, 0.2) is 0 Å². The van der Waals surface area contributed by atoms with Gasteiger partial charge in [-0.05, 0) is 43.0 Å². The molecule has 0 atom stereocenters.